The van der Waals surface area contributed by atoms with Gasteiger partial charge >= 0.3 is 0 Å². The second kappa shape index (κ2) is 8.20. The third kappa shape index (κ3) is 4.47. The number of aromatic amines is 1. The number of aromatic nitrogens is 4. The molecular formula is C13H16ClN7O2. The van der Waals surface area contributed by atoms with Crippen LogP contribution in [0.4, 0.5) is 5.82 Å². The highest BCUT2D eigenvalue weighted by atomic mass is 35.5. The first kappa shape index (κ1) is 16.8. The summed E-state index contributed by atoms with van der Waals surface area (Å²) in [6, 6.07) is 0.230. The first-order valence-corrected chi connectivity index (χ1v) is 7.04. The van der Waals surface area contributed by atoms with Crippen LogP contribution in [0.15, 0.2) is 22.3 Å². The Kier molecular flexibility index (Phi) is 6.01. The Bertz CT molecular complexity index is 741. The van der Waals surface area contributed by atoms with E-state index in [1.807, 2.05) is 0 Å². The molecule has 122 valence electrons. The summed E-state index contributed by atoms with van der Waals surface area (Å²) in [5.74, 6) is 0.465. The van der Waals surface area contributed by atoms with E-state index in [4.69, 9.17) is 21.4 Å². The Morgan fingerprint density at radius 1 is 1.48 bits per heavy atom. The summed E-state index contributed by atoms with van der Waals surface area (Å²) in [5, 5.41) is 11.9. The quantitative estimate of drug-likeness (QED) is 0.489. The van der Waals surface area contributed by atoms with E-state index in [0.717, 1.165) is 5.71 Å². The van der Waals surface area contributed by atoms with E-state index in [1.165, 1.54) is 0 Å². The molecule has 23 heavy (non-hydrogen) atoms. The minimum Gasteiger partial charge on any atom is -0.462 e. The van der Waals surface area contributed by atoms with Crippen LogP contribution in [0, 0.1) is 0 Å². The number of H-pyrrole nitrogens is 1. The molecule has 0 saturated carbocycles. The van der Waals surface area contributed by atoms with Crippen molar-refractivity contribution >= 4 is 41.0 Å². The molecule has 0 saturated heterocycles. The number of hydrogen-bond donors (Lipinski definition) is 3. The summed E-state index contributed by atoms with van der Waals surface area (Å²) in [6.07, 6.45) is 3.27. The molecule has 0 radical (unpaired) electrons. The van der Waals surface area contributed by atoms with Crippen molar-refractivity contribution in [3.63, 3.8) is 0 Å². The molecule has 2 rings (SSSR count). The number of fused-ring (bicyclic) bond motifs is 1. The lowest BCUT2D eigenvalue weighted by atomic mass is 10.3. The number of nitrogens with zero attached hydrogens (tertiary/aromatic N) is 5. The molecule has 0 unspecified atom stereocenters. The standard InChI is InChI=1S/C13H16ClN7O2/c1-15-4-3-8(16-2)7-17-10-9-11(20-12(14)19-10)21-13(18-9)23-6-5-22/h3-4,22H,1,5-7H2,2H3,(H2,17,18,19,20,21)/b4-3-,16-8?. The Morgan fingerprint density at radius 2 is 2.30 bits per heavy atom. The molecule has 2 heterocycles. The molecule has 0 spiro atoms. The van der Waals surface area contributed by atoms with Gasteiger partial charge in [0.2, 0.25) is 5.28 Å². The van der Waals surface area contributed by atoms with E-state index in [0.29, 0.717) is 23.5 Å². The van der Waals surface area contributed by atoms with Gasteiger partial charge in [-0.3, -0.25) is 9.98 Å². The van der Waals surface area contributed by atoms with E-state index < -0.39 is 0 Å². The van der Waals surface area contributed by atoms with Crippen molar-refractivity contribution in [2.45, 2.75) is 0 Å². The van der Waals surface area contributed by atoms with Crippen LogP contribution in [-0.2, 0) is 0 Å². The highest BCUT2D eigenvalue weighted by Crippen LogP contribution is 2.22. The predicted octanol–water partition coefficient (Wildman–Crippen LogP) is 1.07. The molecule has 2 aromatic heterocycles. The van der Waals surface area contributed by atoms with Crippen molar-refractivity contribution in [2.75, 3.05) is 32.1 Å². The van der Waals surface area contributed by atoms with E-state index in [-0.39, 0.29) is 24.5 Å². The smallest absolute Gasteiger partial charge is 0.296 e. The van der Waals surface area contributed by atoms with Gasteiger partial charge in [0.25, 0.3) is 6.01 Å². The number of imidazole rings is 1. The molecule has 0 aliphatic heterocycles. The van der Waals surface area contributed by atoms with Crippen LogP contribution in [0.3, 0.4) is 0 Å². The van der Waals surface area contributed by atoms with Gasteiger partial charge in [-0.1, -0.05) is 0 Å². The highest BCUT2D eigenvalue weighted by Gasteiger charge is 2.13. The number of ether oxygens (including phenoxy) is 1. The summed E-state index contributed by atoms with van der Waals surface area (Å²) in [4.78, 5) is 23.0. The van der Waals surface area contributed by atoms with E-state index in [9.17, 15) is 0 Å². The van der Waals surface area contributed by atoms with Crippen LogP contribution in [0.1, 0.15) is 0 Å². The van der Waals surface area contributed by atoms with Crippen LogP contribution in [0.25, 0.3) is 11.2 Å². The van der Waals surface area contributed by atoms with Crippen molar-refractivity contribution in [3.8, 4) is 6.01 Å². The SMILES string of the molecule is C=N/C=C\C(CNc1nc(Cl)nc2nc(OCCO)[nH]c12)=NC. The number of rotatable bonds is 8. The fourth-order valence-corrected chi connectivity index (χ4v) is 1.88. The van der Waals surface area contributed by atoms with Gasteiger partial charge in [-0.25, -0.2) is 0 Å². The molecule has 0 amide bonds. The lowest BCUT2D eigenvalue weighted by molar-refractivity contribution is 0.193. The number of nitrogens with one attached hydrogen (secondary N) is 2. The van der Waals surface area contributed by atoms with Gasteiger partial charge < -0.3 is 20.1 Å². The minimum atomic E-state index is -0.116. The van der Waals surface area contributed by atoms with Crippen LogP contribution < -0.4 is 10.1 Å². The number of anilines is 1. The highest BCUT2D eigenvalue weighted by molar-refractivity contribution is 6.28. The zero-order valence-corrected chi connectivity index (χ0v) is 13.2. The fourth-order valence-electron chi connectivity index (χ4n) is 1.71. The number of aliphatic hydroxyl groups excluding tert-OH is 1. The van der Waals surface area contributed by atoms with Gasteiger partial charge in [0.15, 0.2) is 11.5 Å². The molecule has 0 aliphatic rings. The normalized spacial score (nSPS) is 12.0. The van der Waals surface area contributed by atoms with Crippen LogP contribution in [0.2, 0.25) is 5.28 Å². The van der Waals surface area contributed by atoms with Gasteiger partial charge in [-0.2, -0.15) is 15.0 Å². The Morgan fingerprint density at radius 3 is 3.00 bits per heavy atom. The second-order valence-corrected chi connectivity index (χ2v) is 4.56. The summed E-state index contributed by atoms with van der Waals surface area (Å²) in [7, 11) is 1.67. The fraction of sp³-hybridized carbons (Fsp3) is 0.308. The van der Waals surface area contributed by atoms with Crippen molar-refractivity contribution in [3.05, 3.63) is 17.6 Å². The number of hydrogen-bond acceptors (Lipinski definition) is 8. The van der Waals surface area contributed by atoms with E-state index in [1.54, 1.807) is 19.3 Å². The van der Waals surface area contributed by atoms with Gasteiger partial charge in [-0.05, 0) is 24.4 Å². The average Bonchev–Trinajstić information content (AvgIpc) is 2.95. The molecule has 2 aromatic rings. The molecular weight excluding hydrogens is 322 g/mol. The molecule has 0 atom stereocenters. The lowest BCUT2D eigenvalue weighted by Crippen LogP contribution is -2.13. The maximum Gasteiger partial charge on any atom is 0.296 e. The van der Waals surface area contributed by atoms with Crippen molar-refractivity contribution < 1.29 is 9.84 Å². The van der Waals surface area contributed by atoms with Gasteiger partial charge in [0.1, 0.15) is 12.1 Å². The molecule has 0 aliphatic carbocycles. The average molecular weight is 338 g/mol. The Labute approximate surface area is 137 Å². The lowest BCUT2D eigenvalue weighted by Gasteiger charge is -2.06. The van der Waals surface area contributed by atoms with Crippen LogP contribution >= 0.6 is 11.6 Å². The molecule has 10 heteroatoms. The van der Waals surface area contributed by atoms with Gasteiger partial charge in [0.05, 0.1) is 18.9 Å². The molecule has 0 bridgehead atoms. The number of aliphatic hydroxyl groups is 1. The van der Waals surface area contributed by atoms with Crippen molar-refractivity contribution in [1.29, 1.82) is 0 Å². The third-order valence-corrected chi connectivity index (χ3v) is 2.90. The first-order valence-electron chi connectivity index (χ1n) is 6.66. The second-order valence-electron chi connectivity index (χ2n) is 4.22. The van der Waals surface area contributed by atoms with Crippen molar-refractivity contribution in [2.24, 2.45) is 9.98 Å². The molecule has 0 fully saturated rings. The third-order valence-electron chi connectivity index (χ3n) is 2.73. The zero-order valence-electron chi connectivity index (χ0n) is 12.5. The summed E-state index contributed by atoms with van der Waals surface area (Å²) < 4.78 is 5.23. The molecule has 0 aromatic carbocycles. The maximum atomic E-state index is 8.78. The Balaban J connectivity index is 2.23. The van der Waals surface area contributed by atoms with Crippen LogP contribution in [0.5, 0.6) is 6.01 Å². The summed E-state index contributed by atoms with van der Waals surface area (Å²) in [5.41, 5.74) is 1.65. The Hall–Kier alpha value is -2.52. The minimum absolute atomic E-state index is 0.0542. The summed E-state index contributed by atoms with van der Waals surface area (Å²) >= 11 is 5.91. The van der Waals surface area contributed by atoms with Crippen molar-refractivity contribution in [1.82, 2.24) is 19.9 Å². The van der Waals surface area contributed by atoms with Gasteiger partial charge in [-0.15, -0.1) is 0 Å². The predicted molar refractivity (Wildman–Crippen MR) is 89.8 cm³/mol. The summed E-state index contributed by atoms with van der Waals surface area (Å²) in [6.45, 7) is 3.77. The van der Waals surface area contributed by atoms with E-state index in [2.05, 4.69) is 42.0 Å². The molecule has 3 N–H and O–H groups in total. The van der Waals surface area contributed by atoms with Crippen LogP contribution in [-0.4, -0.2) is 64.3 Å². The molecule has 9 nitrogen and oxygen atoms in total. The van der Waals surface area contributed by atoms with Gasteiger partial charge in [0, 0.05) is 13.2 Å². The van der Waals surface area contributed by atoms with E-state index >= 15 is 0 Å². The zero-order chi connectivity index (χ0) is 16.7. The monoisotopic (exact) mass is 337 g/mol. The number of halogens is 1. The largest absolute Gasteiger partial charge is 0.462 e. The topological polar surface area (TPSA) is 121 Å². The number of aliphatic imine (C=N–C) groups is 2. The maximum absolute atomic E-state index is 8.78. The first-order chi connectivity index (χ1) is 11.2.